The Morgan fingerprint density at radius 3 is 2.27 bits per heavy atom. The van der Waals surface area contributed by atoms with E-state index >= 15 is 0 Å². The van der Waals surface area contributed by atoms with Crippen molar-refractivity contribution in [2.45, 2.75) is 64.0 Å². The zero-order valence-corrected chi connectivity index (χ0v) is 11.8. The highest BCUT2D eigenvalue weighted by atomic mass is 28.4. The summed E-state index contributed by atoms with van der Waals surface area (Å²) in [6.07, 6.45) is 4.64. The van der Waals surface area contributed by atoms with Crippen LogP contribution in [0.25, 0.3) is 0 Å². The summed E-state index contributed by atoms with van der Waals surface area (Å²) < 4.78 is 6.19. The molecule has 0 spiro atoms. The zero-order chi connectivity index (χ0) is 11.9. The lowest BCUT2D eigenvalue weighted by Crippen LogP contribution is -2.43. The molecule has 0 aromatic heterocycles. The van der Waals surface area contributed by atoms with E-state index in [0.717, 1.165) is 0 Å². The molecule has 1 aliphatic rings. The van der Waals surface area contributed by atoms with Crippen molar-refractivity contribution in [3.8, 4) is 0 Å². The van der Waals surface area contributed by atoms with Crippen LogP contribution in [0.5, 0.6) is 0 Å². The number of hydrogen-bond acceptors (Lipinski definition) is 2. The molecule has 2 nitrogen and oxygen atoms in total. The van der Waals surface area contributed by atoms with Crippen LogP contribution in [0.15, 0.2) is 12.2 Å². The summed E-state index contributed by atoms with van der Waals surface area (Å²) >= 11 is 0. The smallest absolute Gasteiger partial charge is 0.192 e. The zero-order valence-electron chi connectivity index (χ0n) is 10.8. The largest absolute Gasteiger partial charge is 0.410 e. The second-order valence-electron chi connectivity index (χ2n) is 6.34. The van der Waals surface area contributed by atoms with Crippen molar-refractivity contribution in [1.29, 1.82) is 0 Å². The van der Waals surface area contributed by atoms with E-state index in [2.05, 4.69) is 33.9 Å². The standard InChI is InChI=1S/C12H24O2Si/c1-11(2,3)15(5,6)14-10-7-8-12(4,13)9-10/h7-8,10,13H,9H2,1-6H3/t10-,12+/m0/s1. The van der Waals surface area contributed by atoms with E-state index in [1.807, 2.05) is 19.1 Å². The maximum atomic E-state index is 9.81. The molecule has 3 heteroatoms. The van der Waals surface area contributed by atoms with Gasteiger partial charge in [0.05, 0.1) is 11.7 Å². The first-order valence-electron chi connectivity index (χ1n) is 5.63. The second-order valence-corrected chi connectivity index (χ2v) is 11.1. The second kappa shape index (κ2) is 3.72. The topological polar surface area (TPSA) is 29.5 Å². The third-order valence-corrected chi connectivity index (χ3v) is 8.04. The number of rotatable bonds is 2. The van der Waals surface area contributed by atoms with Gasteiger partial charge in [0, 0.05) is 6.42 Å². The van der Waals surface area contributed by atoms with E-state index in [9.17, 15) is 5.11 Å². The summed E-state index contributed by atoms with van der Waals surface area (Å²) in [7, 11) is -1.69. The van der Waals surface area contributed by atoms with Gasteiger partial charge in [0.2, 0.25) is 0 Å². The van der Waals surface area contributed by atoms with E-state index in [0.29, 0.717) is 6.42 Å². The molecule has 0 fully saturated rings. The maximum absolute atomic E-state index is 9.81. The fourth-order valence-corrected chi connectivity index (χ4v) is 2.77. The molecule has 0 unspecified atom stereocenters. The summed E-state index contributed by atoms with van der Waals surface area (Å²) in [5.41, 5.74) is -0.674. The van der Waals surface area contributed by atoms with Crippen LogP contribution in [0.3, 0.4) is 0 Å². The van der Waals surface area contributed by atoms with Crippen molar-refractivity contribution in [3.63, 3.8) is 0 Å². The van der Waals surface area contributed by atoms with Crippen LogP contribution < -0.4 is 0 Å². The molecular weight excluding hydrogens is 204 g/mol. The highest BCUT2D eigenvalue weighted by molar-refractivity contribution is 6.74. The van der Waals surface area contributed by atoms with Crippen molar-refractivity contribution in [2.75, 3.05) is 0 Å². The van der Waals surface area contributed by atoms with Gasteiger partial charge >= 0.3 is 0 Å². The molecule has 1 aliphatic carbocycles. The molecular formula is C12H24O2Si. The minimum atomic E-state index is -1.69. The Hall–Kier alpha value is -0.123. The quantitative estimate of drug-likeness (QED) is 0.581. The van der Waals surface area contributed by atoms with E-state index < -0.39 is 13.9 Å². The van der Waals surface area contributed by atoms with Crippen LogP contribution >= 0.6 is 0 Å². The molecule has 0 aliphatic heterocycles. The summed E-state index contributed by atoms with van der Waals surface area (Å²) in [5.74, 6) is 0. The van der Waals surface area contributed by atoms with Gasteiger partial charge in [0.15, 0.2) is 8.32 Å². The fraction of sp³-hybridized carbons (Fsp3) is 0.833. The molecule has 0 aromatic rings. The van der Waals surface area contributed by atoms with E-state index in [1.54, 1.807) is 0 Å². The van der Waals surface area contributed by atoms with Gasteiger partial charge < -0.3 is 9.53 Å². The lowest BCUT2D eigenvalue weighted by atomic mass is 10.1. The minimum Gasteiger partial charge on any atom is -0.410 e. The van der Waals surface area contributed by atoms with Crippen molar-refractivity contribution in [1.82, 2.24) is 0 Å². The lowest BCUT2D eigenvalue weighted by Gasteiger charge is -2.38. The van der Waals surface area contributed by atoms with Gasteiger partial charge in [-0.2, -0.15) is 0 Å². The third-order valence-electron chi connectivity index (χ3n) is 3.54. The van der Waals surface area contributed by atoms with Crippen molar-refractivity contribution < 1.29 is 9.53 Å². The monoisotopic (exact) mass is 228 g/mol. The molecule has 0 heterocycles. The first-order chi connectivity index (χ1) is 6.54. The molecule has 0 saturated heterocycles. The van der Waals surface area contributed by atoms with Crippen molar-refractivity contribution in [2.24, 2.45) is 0 Å². The summed E-state index contributed by atoms with van der Waals surface area (Å²) in [5, 5.41) is 10.0. The van der Waals surface area contributed by atoms with Crippen LogP contribution in [0.4, 0.5) is 0 Å². The number of aliphatic hydroxyl groups is 1. The van der Waals surface area contributed by atoms with Crippen molar-refractivity contribution in [3.05, 3.63) is 12.2 Å². The molecule has 1 N–H and O–H groups in total. The Morgan fingerprint density at radius 2 is 1.93 bits per heavy atom. The molecule has 2 atom stereocenters. The highest BCUT2D eigenvalue weighted by Gasteiger charge is 2.40. The average molecular weight is 228 g/mol. The van der Waals surface area contributed by atoms with Crippen LogP contribution in [0.1, 0.15) is 34.1 Å². The normalized spacial score (nSPS) is 32.3. The van der Waals surface area contributed by atoms with Gasteiger partial charge in [-0.05, 0) is 25.1 Å². The SMILES string of the molecule is CC(C)(C)[Si](C)(C)O[C@H]1C=C[C@@](C)(O)C1. The van der Waals surface area contributed by atoms with Gasteiger partial charge in [0.25, 0.3) is 0 Å². The highest BCUT2D eigenvalue weighted by Crippen LogP contribution is 2.39. The lowest BCUT2D eigenvalue weighted by molar-refractivity contribution is 0.0773. The van der Waals surface area contributed by atoms with E-state index in [1.165, 1.54) is 0 Å². The maximum Gasteiger partial charge on any atom is 0.192 e. The van der Waals surface area contributed by atoms with Gasteiger partial charge in [0.1, 0.15) is 0 Å². The molecule has 0 amide bonds. The van der Waals surface area contributed by atoms with Gasteiger partial charge in [-0.3, -0.25) is 0 Å². The molecule has 15 heavy (non-hydrogen) atoms. The molecule has 88 valence electrons. The van der Waals surface area contributed by atoms with Crippen LogP contribution in [0, 0.1) is 0 Å². The van der Waals surface area contributed by atoms with Gasteiger partial charge in [-0.1, -0.05) is 32.9 Å². The van der Waals surface area contributed by atoms with E-state index in [4.69, 9.17) is 4.43 Å². The number of hydrogen-bond donors (Lipinski definition) is 1. The molecule has 1 rings (SSSR count). The first-order valence-corrected chi connectivity index (χ1v) is 8.54. The fourth-order valence-electron chi connectivity index (χ4n) is 1.49. The molecule has 0 aromatic carbocycles. The van der Waals surface area contributed by atoms with Gasteiger partial charge in [-0.25, -0.2) is 0 Å². The Balaban J connectivity index is 2.62. The summed E-state index contributed by atoms with van der Waals surface area (Å²) in [6, 6.07) is 0. The Morgan fingerprint density at radius 1 is 1.40 bits per heavy atom. The molecule has 0 radical (unpaired) electrons. The average Bonchev–Trinajstić information content (AvgIpc) is 2.26. The van der Waals surface area contributed by atoms with Crippen molar-refractivity contribution >= 4 is 8.32 Å². The predicted octanol–water partition coefficient (Wildman–Crippen LogP) is 3.09. The van der Waals surface area contributed by atoms with Crippen LogP contribution in [-0.2, 0) is 4.43 Å². The van der Waals surface area contributed by atoms with E-state index in [-0.39, 0.29) is 11.1 Å². The third kappa shape index (κ3) is 3.16. The Labute approximate surface area is 94.5 Å². The molecule has 0 saturated carbocycles. The first kappa shape index (κ1) is 12.9. The summed E-state index contributed by atoms with van der Waals surface area (Å²) in [6.45, 7) is 13.0. The van der Waals surface area contributed by atoms with Crippen LogP contribution in [0.2, 0.25) is 18.1 Å². The van der Waals surface area contributed by atoms with Crippen LogP contribution in [-0.4, -0.2) is 25.1 Å². The molecule has 0 bridgehead atoms. The Kier molecular flexibility index (Phi) is 3.21. The Bertz CT molecular complexity index is 261. The predicted molar refractivity (Wildman–Crippen MR) is 66.5 cm³/mol. The summed E-state index contributed by atoms with van der Waals surface area (Å²) in [4.78, 5) is 0. The minimum absolute atomic E-state index is 0.0980. The van der Waals surface area contributed by atoms with Gasteiger partial charge in [-0.15, -0.1) is 0 Å².